The van der Waals surface area contributed by atoms with E-state index in [1.54, 1.807) is 6.07 Å². The molecule has 2 aromatic carbocycles. The molecule has 0 amide bonds. The highest BCUT2D eigenvalue weighted by molar-refractivity contribution is 5.93. The van der Waals surface area contributed by atoms with Crippen LogP contribution in [-0.2, 0) is 22.6 Å². The molecular formula is C27H29FO4. The molecule has 3 rings (SSSR count). The molecule has 3 atom stereocenters. The first-order valence-electron chi connectivity index (χ1n) is 10.8. The van der Waals surface area contributed by atoms with Crippen LogP contribution in [0.2, 0.25) is 0 Å². The van der Waals surface area contributed by atoms with Crippen LogP contribution in [0.4, 0.5) is 4.39 Å². The maximum absolute atomic E-state index is 14.7. The van der Waals surface area contributed by atoms with E-state index in [2.05, 4.69) is 5.92 Å². The molecule has 3 unspecified atom stereocenters. The minimum Gasteiger partial charge on any atom is -0.489 e. The first-order chi connectivity index (χ1) is 15.4. The van der Waals surface area contributed by atoms with Crippen LogP contribution in [0.1, 0.15) is 36.5 Å². The van der Waals surface area contributed by atoms with Gasteiger partial charge in [-0.05, 0) is 55.0 Å². The number of ether oxygens (including phenoxy) is 2. The van der Waals surface area contributed by atoms with Crippen LogP contribution >= 0.6 is 0 Å². The number of hydrogen-bond acceptors (Lipinski definition) is 4. The van der Waals surface area contributed by atoms with Gasteiger partial charge in [0.2, 0.25) is 0 Å². The number of benzene rings is 2. The summed E-state index contributed by atoms with van der Waals surface area (Å²) in [4.78, 5) is 12.4. The number of terminal acetylenes is 1. The van der Waals surface area contributed by atoms with Gasteiger partial charge < -0.3 is 14.6 Å². The van der Waals surface area contributed by atoms with E-state index in [1.165, 1.54) is 12.1 Å². The highest BCUT2D eigenvalue weighted by atomic mass is 19.1. The first kappa shape index (κ1) is 23.6. The third-order valence-corrected chi connectivity index (χ3v) is 6.03. The highest BCUT2D eigenvalue weighted by Crippen LogP contribution is 2.35. The van der Waals surface area contributed by atoms with Crippen molar-refractivity contribution in [3.63, 3.8) is 0 Å². The molecule has 0 radical (unpaired) electrons. The summed E-state index contributed by atoms with van der Waals surface area (Å²) in [5.41, 5.74) is 2.31. The van der Waals surface area contributed by atoms with Gasteiger partial charge in [0.05, 0.1) is 0 Å². The number of aliphatic hydroxyl groups excluding tert-OH is 1. The van der Waals surface area contributed by atoms with Crippen LogP contribution < -0.4 is 4.74 Å². The van der Waals surface area contributed by atoms with Crippen LogP contribution in [0.3, 0.4) is 0 Å². The van der Waals surface area contributed by atoms with Gasteiger partial charge >= 0.3 is 0 Å². The molecule has 1 aliphatic carbocycles. The molecule has 0 saturated carbocycles. The Hall–Kier alpha value is -3.10. The van der Waals surface area contributed by atoms with E-state index in [1.807, 2.05) is 44.2 Å². The largest absolute Gasteiger partial charge is 0.489 e. The fraction of sp³-hybridized carbons (Fsp3) is 0.370. The summed E-state index contributed by atoms with van der Waals surface area (Å²) in [7, 11) is 0. The lowest BCUT2D eigenvalue weighted by Crippen LogP contribution is -2.29. The van der Waals surface area contributed by atoms with Crippen LogP contribution in [0, 0.1) is 42.8 Å². The summed E-state index contributed by atoms with van der Waals surface area (Å²) < 4.78 is 25.9. The number of carbonyl (C=O) groups is 1. The molecule has 5 heteroatoms. The molecule has 2 aromatic rings. The van der Waals surface area contributed by atoms with E-state index >= 15 is 0 Å². The Bertz CT molecular complexity index is 1010. The van der Waals surface area contributed by atoms with Crippen LogP contribution in [0.15, 0.2) is 54.3 Å². The van der Waals surface area contributed by atoms with Crippen molar-refractivity contribution >= 4 is 5.78 Å². The average molecular weight is 437 g/mol. The Kier molecular flexibility index (Phi) is 8.08. The molecule has 0 heterocycles. The predicted molar refractivity (Wildman–Crippen MR) is 121 cm³/mol. The van der Waals surface area contributed by atoms with Crippen LogP contribution in [0.5, 0.6) is 5.75 Å². The lowest BCUT2D eigenvalue weighted by Gasteiger charge is -2.30. The van der Waals surface area contributed by atoms with Gasteiger partial charge in [-0.2, -0.15) is 0 Å². The lowest BCUT2D eigenvalue weighted by molar-refractivity contribution is -0.121. The second-order valence-electron chi connectivity index (χ2n) is 8.24. The fourth-order valence-electron chi connectivity index (χ4n) is 4.07. The summed E-state index contributed by atoms with van der Waals surface area (Å²) >= 11 is 0. The molecule has 168 valence electrons. The Labute approximate surface area is 189 Å². The van der Waals surface area contributed by atoms with Gasteiger partial charge in [0, 0.05) is 23.8 Å². The first-order valence-corrected chi connectivity index (χ1v) is 10.8. The minimum atomic E-state index is -0.513. The van der Waals surface area contributed by atoms with Gasteiger partial charge in [0.15, 0.2) is 12.6 Å². The average Bonchev–Trinajstić information content (AvgIpc) is 2.79. The van der Waals surface area contributed by atoms with E-state index in [0.717, 1.165) is 11.1 Å². The van der Waals surface area contributed by atoms with E-state index in [4.69, 9.17) is 15.9 Å². The summed E-state index contributed by atoms with van der Waals surface area (Å²) in [6.45, 7) is 3.56. The number of rotatable bonds is 9. The lowest BCUT2D eigenvalue weighted by atomic mass is 9.76. The topological polar surface area (TPSA) is 55.8 Å². The molecule has 4 nitrogen and oxygen atoms in total. The van der Waals surface area contributed by atoms with Crippen molar-refractivity contribution in [2.75, 3.05) is 6.79 Å². The number of aliphatic hydroxyl groups is 1. The zero-order chi connectivity index (χ0) is 23.1. The monoisotopic (exact) mass is 436 g/mol. The standard InChI is InChI=1S/C27H29FO4/c1-4-18(2)23-13-22(27(32-17-29)15-25(23)30)11-10-21-14-26(19(3)12-24(21)28)31-16-20-8-6-5-7-9-20/h1,5-9,12,14-15,18,22-23,29H,10-11,13,16-17H2,2-3H3. The van der Waals surface area contributed by atoms with Gasteiger partial charge in [-0.15, -0.1) is 12.3 Å². The molecule has 32 heavy (non-hydrogen) atoms. The van der Waals surface area contributed by atoms with Gasteiger partial charge in [-0.25, -0.2) is 4.39 Å². The van der Waals surface area contributed by atoms with Crippen molar-refractivity contribution in [2.24, 2.45) is 17.8 Å². The third kappa shape index (κ3) is 5.77. The molecule has 1 N–H and O–H groups in total. The Morgan fingerprint density at radius 1 is 1.25 bits per heavy atom. The normalized spacial score (nSPS) is 19.1. The van der Waals surface area contributed by atoms with Crippen molar-refractivity contribution in [1.82, 2.24) is 0 Å². The molecule has 0 fully saturated rings. The third-order valence-electron chi connectivity index (χ3n) is 6.03. The minimum absolute atomic E-state index is 0.0896. The van der Waals surface area contributed by atoms with Crippen molar-refractivity contribution in [3.05, 3.63) is 76.8 Å². The van der Waals surface area contributed by atoms with Crippen molar-refractivity contribution in [3.8, 4) is 18.1 Å². The molecular weight excluding hydrogens is 407 g/mol. The second-order valence-corrected chi connectivity index (χ2v) is 8.24. The van der Waals surface area contributed by atoms with Gasteiger partial charge in [0.25, 0.3) is 0 Å². The number of aryl methyl sites for hydroxylation is 2. The number of carbonyl (C=O) groups excluding carboxylic acids is 1. The van der Waals surface area contributed by atoms with E-state index < -0.39 is 6.79 Å². The molecule has 0 spiro atoms. The Balaban J connectivity index is 1.73. The molecule has 0 aliphatic heterocycles. The smallest absolute Gasteiger partial charge is 0.185 e. The number of halogens is 1. The van der Waals surface area contributed by atoms with E-state index in [9.17, 15) is 14.3 Å². The molecule has 0 saturated heterocycles. The molecule has 1 aliphatic rings. The molecule has 0 aromatic heterocycles. The van der Waals surface area contributed by atoms with Crippen molar-refractivity contribution < 1.29 is 23.8 Å². The summed E-state index contributed by atoms with van der Waals surface area (Å²) in [5, 5.41) is 9.21. The predicted octanol–water partition coefficient (Wildman–Crippen LogP) is 4.97. The van der Waals surface area contributed by atoms with E-state index in [-0.39, 0.29) is 29.4 Å². The summed E-state index contributed by atoms with van der Waals surface area (Å²) in [5.74, 6) is 2.71. The number of hydrogen-bond donors (Lipinski definition) is 1. The Morgan fingerprint density at radius 3 is 2.69 bits per heavy atom. The Morgan fingerprint density at radius 2 is 2.00 bits per heavy atom. The quantitative estimate of drug-likeness (QED) is 0.445. The van der Waals surface area contributed by atoms with Gasteiger partial charge in [-0.3, -0.25) is 4.79 Å². The zero-order valence-electron chi connectivity index (χ0n) is 18.5. The van der Waals surface area contributed by atoms with Crippen LogP contribution in [-0.4, -0.2) is 17.7 Å². The highest BCUT2D eigenvalue weighted by Gasteiger charge is 2.33. The maximum Gasteiger partial charge on any atom is 0.185 e. The SMILES string of the molecule is C#CC(C)C1CC(CCc2cc(OCc3ccccc3)c(C)cc2F)C(OCO)=CC1=O. The maximum atomic E-state index is 14.7. The number of ketones is 1. The van der Waals surface area contributed by atoms with Gasteiger partial charge in [-0.1, -0.05) is 37.3 Å². The number of allylic oxidation sites excluding steroid dienone is 2. The van der Waals surface area contributed by atoms with Crippen molar-refractivity contribution in [1.29, 1.82) is 0 Å². The van der Waals surface area contributed by atoms with Crippen molar-refractivity contribution in [2.45, 2.75) is 39.7 Å². The summed E-state index contributed by atoms with van der Waals surface area (Å²) in [6, 6.07) is 13.0. The van der Waals surface area contributed by atoms with E-state index in [0.29, 0.717) is 42.9 Å². The zero-order valence-corrected chi connectivity index (χ0v) is 18.5. The van der Waals surface area contributed by atoms with Crippen LogP contribution in [0.25, 0.3) is 0 Å². The fourth-order valence-corrected chi connectivity index (χ4v) is 4.07. The second kappa shape index (κ2) is 11.0. The van der Waals surface area contributed by atoms with Gasteiger partial charge in [0.1, 0.15) is 23.9 Å². The molecule has 0 bridgehead atoms. The summed E-state index contributed by atoms with van der Waals surface area (Å²) in [6.07, 6.45) is 8.48.